The van der Waals surface area contributed by atoms with E-state index < -0.39 is 7.22 Å². The molecule has 12 heavy (non-hydrogen) atoms. The van der Waals surface area contributed by atoms with Crippen molar-refractivity contribution in [1.29, 1.82) is 0 Å². The van der Waals surface area contributed by atoms with E-state index in [1.807, 2.05) is 0 Å². The molecular weight excluding hydrogens is 182 g/mol. The fourth-order valence-electron chi connectivity index (χ4n) is 1.24. The Morgan fingerprint density at radius 2 is 2.00 bits per heavy atom. The molecule has 3 heteroatoms. The lowest BCUT2D eigenvalue weighted by Gasteiger charge is -2.13. The topological polar surface area (TPSA) is 12.4 Å². The van der Waals surface area contributed by atoms with Crippen LogP contribution in [0, 0.1) is 0 Å². The van der Waals surface area contributed by atoms with E-state index in [2.05, 4.69) is 35.8 Å². The molecule has 0 N–H and O–H groups in total. The van der Waals surface area contributed by atoms with Crippen LogP contribution in [0.3, 0.4) is 0 Å². The van der Waals surface area contributed by atoms with Gasteiger partial charge in [-0.3, -0.25) is 4.99 Å². The van der Waals surface area contributed by atoms with Gasteiger partial charge in [0.2, 0.25) is 0 Å². The van der Waals surface area contributed by atoms with Crippen molar-refractivity contribution in [2.24, 2.45) is 4.99 Å². The molecule has 2 saturated carbocycles. The zero-order valence-corrected chi connectivity index (χ0v) is 9.95. The second-order valence-corrected chi connectivity index (χ2v) is 14.2. The molecule has 0 saturated heterocycles. The first-order chi connectivity index (χ1) is 5.54. The van der Waals surface area contributed by atoms with Gasteiger partial charge in [0.1, 0.15) is 7.22 Å². The van der Waals surface area contributed by atoms with Gasteiger partial charge < -0.3 is 0 Å². The van der Waals surface area contributed by atoms with Crippen molar-refractivity contribution in [2.75, 3.05) is 0 Å². The molecule has 1 nitrogen and oxygen atoms in total. The second-order valence-electron chi connectivity index (χ2n) is 4.77. The molecule has 1 atom stereocenters. The SMILES string of the molecule is C[Si](C)(C)SC1CC1=NC1CC1. The summed E-state index contributed by atoms with van der Waals surface area (Å²) in [7, 11) is -0.894. The van der Waals surface area contributed by atoms with Gasteiger partial charge in [0.15, 0.2) is 0 Å². The van der Waals surface area contributed by atoms with Crippen LogP contribution in [0.4, 0.5) is 0 Å². The summed E-state index contributed by atoms with van der Waals surface area (Å²) in [6.45, 7) is 7.26. The molecule has 0 radical (unpaired) electrons. The van der Waals surface area contributed by atoms with E-state index in [1.54, 1.807) is 0 Å². The van der Waals surface area contributed by atoms with Gasteiger partial charge in [-0.15, -0.1) is 0 Å². The Hall–Kier alpha value is 0.237. The van der Waals surface area contributed by atoms with E-state index in [0.717, 1.165) is 11.3 Å². The second kappa shape index (κ2) is 2.88. The molecule has 2 rings (SSSR count). The molecule has 2 aliphatic carbocycles. The average molecular weight is 199 g/mol. The lowest BCUT2D eigenvalue weighted by molar-refractivity contribution is 1.07. The van der Waals surface area contributed by atoms with Gasteiger partial charge in [-0.2, -0.15) is 11.2 Å². The van der Waals surface area contributed by atoms with Gasteiger partial charge in [0.05, 0.1) is 6.04 Å². The molecule has 0 aromatic rings. The number of hydrogen-bond acceptors (Lipinski definition) is 2. The molecule has 0 aromatic carbocycles. The summed E-state index contributed by atoms with van der Waals surface area (Å²) in [6, 6.07) is 0.743. The monoisotopic (exact) mass is 199 g/mol. The molecule has 2 aliphatic rings. The maximum absolute atomic E-state index is 4.68. The molecule has 68 valence electrons. The van der Waals surface area contributed by atoms with Gasteiger partial charge in [0.25, 0.3) is 0 Å². The summed E-state index contributed by atoms with van der Waals surface area (Å²) in [5, 5.41) is 0.831. The van der Waals surface area contributed by atoms with Crippen LogP contribution in [0.2, 0.25) is 19.6 Å². The van der Waals surface area contributed by atoms with Crippen molar-refractivity contribution >= 4 is 24.1 Å². The summed E-state index contributed by atoms with van der Waals surface area (Å²) in [5.41, 5.74) is 1.52. The van der Waals surface area contributed by atoms with Crippen LogP contribution < -0.4 is 0 Å². The van der Waals surface area contributed by atoms with Crippen LogP contribution in [0.15, 0.2) is 4.99 Å². The molecule has 2 fully saturated rings. The van der Waals surface area contributed by atoms with E-state index in [-0.39, 0.29) is 0 Å². The highest BCUT2D eigenvalue weighted by atomic mass is 32.4. The van der Waals surface area contributed by atoms with E-state index in [4.69, 9.17) is 0 Å². The van der Waals surface area contributed by atoms with Crippen molar-refractivity contribution < 1.29 is 0 Å². The Labute approximate surface area is 79.7 Å². The lowest BCUT2D eigenvalue weighted by Crippen LogP contribution is -2.15. The number of rotatable bonds is 3. The average Bonchev–Trinajstić information content (AvgIpc) is 2.70. The van der Waals surface area contributed by atoms with Gasteiger partial charge in [-0.25, -0.2) is 0 Å². The maximum Gasteiger partial charge on any atom is 0.109 e. The zero-order chi connectivity index (χ0) is 8.77. The normalized spacial score (nSPS) is 32.6. The summed E-state index contributed by atoms with van der Waals surface area (Å²) in [5.74, 6) is 0. The summed E-state index contributed by atoms with van der Waals surface area (Å²) in [6.07, 6.45) is 4.01. The Morgan fingerprint density at radius 1 is 1.33 bits per heavy atom. The quantitative estimate of drug-likeness (QED) is 0.637. The summed E-state index contributed by atoms with van der Waals surface area (Å²) in [4.78, 5) is 4.68. The van der Waals surface area contributed by atoms with Crippen molar-refractivity contribution in [3.63, 3.8) is 0 Å². The van der Waals surface area contributed by atoms with Crippen LogP contribution in [-0.4, -0.2) is 24.2 Å². The molecule has 0 aliphatic heterocycles. The van der Waals surface area contributed by atoms with Gasteiger partial charge in [-0.1, -0.05) is 19.6 Å². The van der Waals surface area contributed by atoms with Gasteiger partial charge in [-0.05, 0) is 12.8 Å². The standard InChI is InChI=1S/C9H17NSSi/c1-12(2,3)11-9-6-8(9)10-7-4-5-7/h7,9H,4-6H2,1-3H3. The van der Waals surface area contributed by atoms with Gasteiger partial charge in [0, 0.05) is 17.4 Å². The minimum absolute atomic E-state index is 0.743. The first kappa shape index (κ1) is 8.82. The van der Waals surface area contributed by atoms with Gasteiger partial charge >= 0.3 is 0 Å². The molecule has 0 spiro atoms. The van der Waals surface area contributed by atoms with Crippen molar-refractivity contribution in [3.8, 4) is 0 Å². The highest BCUT2D eigenvalue weighted by Gasteiger charge is 2.38. The lowest BCUT2D eigenvalue weighted by atomic mass is 10.7. The van der Waals surface area contributed by atoms with Crippen LogP contribution in [-0.2, 0) is 0 Å². The van der Waals surface area contributed by atoms with Crippen molar-refractivity contribution in [2.45, 2.75) is 50.2 Å². The first-order valence-corrected chi connectivity index (χ1v) is 9.89. The molecule has 0 amide bonds. The van der Waals surface area contributed by atoms with Crippen LogP contribution >= 0.6 is 11.2 Å². The van der Waals surface area contributed by atoms with E-state index >= 15 is 0 Å². The van der Waals surface area contributed by atoms with Crippen molar-refractivity contribution in [3.05, 3.63) is 0 Å². The molecule has 0 heterocycles. The maximum atomic E-state index is 4.68. The minimum Gasteiger partial charge on any atom is -0.290 e. The fourth-order valence-corrected chi connectivity index (χ4v) is 5.76. The smallest absolute Gasteiger partial charge is 0.109 e. The highest BCUT2D eigenvalue weighted by Crippen LogP contribution is 2.39. The molecule has 1 unspecified atom stereocenters. The Balaban J connectivity index is 1.79. The first-order valence-electron chi connectivity index (χ1n) is 4.79. The van der Waals surface area contributed by atoms with E-state index in [9.17, 15) is 0 Å². The molecule has 0 bridgehead atoms. The molecular formula is C9H17NSSi. The third-order valence-corrected chi connectivity index (χ3v) is 6.40. The van der Waals surface area contributed by atoms with Crippen LogP contribution in [0.5, 0.6) is 0 Å². The highest BCUT2D eigenvalue weighted by molar-refractivity contribution is 8.29. The number of aliphatic imine (C=N–C) groups is 1. The summed E-state index contributed by atoms with van der Waals surface area (Å²) < 4.78 is 0. The predicted octanol–water partition coefficient (Wildman–Crippen LogP) is 2.93. The number of hydrogen-bond donors (Lipinski definition) is 0. The Bertz CT molecular complexity index is 215. The Morgan fingerprint density at radius 3 is 2.50 bits per heavy atom. The summed E-state index contributed by atoms with van der Waals surface area (Å²) >= 11 is 2.21. The van der Waals surface area contributed by atoms with Crippen LogP contribution in [0.1, 0.15) is 19.3 Å². The fraction of sp³-hybridized carbons (Fsp3) is 0.889. The number of nitrogens with zero attached hydrogens (tertiary/aromatic N) is 1. The predicted molar refractivity (Wildman–Crippen MR) is 59.8 cm³/mol. The van der Waals surface area contributed by atoms with Crippen LogP contribution in [0.25, 0.3) is 0 Å². The largest absolute Gasteiger partial charge is 0.290 e. The third kappa shape index (κ3) is 2.63. The van der Waals surface area contributed by atoms with E-state index in [0.29, 0.717) is 0 Å². The van der Waals surface area contributed by atoms with Crippen molar-refractivity contribution in [1.82, 2.24) is 0 Å². The third-order valence-electron chi connectivity index (χ3n) is 2.00. The Kier molecular flexibility index (Phi) is 2.11. The molecule has 0 aromatic heterocycles. The zero-order valence-electron chi connectivity index (χ0n) is 8.13. The van der Waals surface area contributed by atoms with E-state index in [1.165, 1.54) is 25.0 Å². The minimum atomic E-state index is -0.894.